The molecule has 1 unspecified atom stereocenters. The number of alkyl halides is 3. The highest BCUT2D eigenvalue weighted by molar-refractivity contribution is 5.93. The van der Waals surface area contributed by atoms with E-state index >= 15 is 0 Å². The lowest BCUT2D eigenvalue weighted by Crippen LogP contribution is -2.04. The van der Waals surface area contributed by atoms with Crippen LogP contribution in [0.15, 0.2) is 30.3 Å². The minimum absolute atomic E-state index is 0.00533. The van der Waals surface area contributed by atoms with Gasteiger partial charge in [0.1, 0.15) is 0 Å². The van der Waals surface area contributed by atoms with E-state index in [1.54, 1.807) is 6.08 Å². The number of halogens is 3. The van der Waals surface area contributed by atoms with Crippen molar-refractivity contribution in [3.63, 3.8) is 0 Å². The molecule has 1 rings (SSSR count). The number of benzene rings is 1. The lowest BCUT2D eigenvalue weighted by Gasteiger charge is -2.06. The van der Waals surface area contributed by atoms with Gasteiger partial charge in [0.05, 0.1) is 5.56 Å². The number of carbonyl (C=O) groups excluding carboxylic acids is 1. The van der Waals surface area contributed by atoms with Gasteiger partial charge in [-0.05, 0) is 29.7 Å². The van der Waals surface area contributed by atoms with E-state index in [-0.39, 0.29) is 5.78 Å². The smallest absolute Gasteiger partial charge is 0.295 e. The van der Waals surface area contributed by atoms with E-state index in [0.717, 1.165) is 18.6 Å². The van der Waals surface area contributed by atoms with Crippen LogP contribution >= 0.6 is 0 Å². The summed E-state index contributed by atoms with van der Waals surface area (Å²) in [6.07, 6.45) is 0.0434. The Hall–Kier alpha value is -1.58. The van der Waals surface area contributed by atoms with Crippen LogP contribution in [-0.2, 0) is 11.0 Å². The molecule has 0 fully saturated rings. The lowest BCUT2D eigenvalue weighted by molar-refractivity contribution is -0.137. The van der Waals surface area contributed by atoms with Crippen molar-refractivity contribution in [3.8, 4) is 0 Å². The molecule has 1 nitrogen and oxygen atoms in total. The number of rotatable bonds is 5. The van der Waals surface area contributed by atoms with Crippen LogP contribution in [0.25, 0.3) is 6.08 Å². The molecule has 0 saturated carbocycles. The zero-order valence-corrected chi connectivity index (χ0v) is 11.0. The average molecular weight is 270 g/mol. The first-order valence-corrected chi connectivity index (χ1v) is 6.21. The maximum absolute atomic E-state index is 12.3. The minimum atomic E-state index is -4.32. The summed E-state index contributed by atoms with van der Waals surface area (Å²) < 4.78 is 37.0. The highest BCUT2D eigenvalue weighted by atomic mass is 19.4. The van der Waals surface area contributed by atoms with Crippen LogP contribution in [0.3, 0.4) is 0 Å². The first-order valence-electron chi connectivity index (χ1n) is 6.21. The molecule has 0 spiro atoms. The van der Waals surface area contributed by atoms with Gasteiger partial charge in [-0.3, -0.25) is 4.79 Å². The monoisotopic (exact) mass is 270 g/mol. The van der Waals surface area contributed by atoms with Crippen molar-refractivity contribution >= 4 is 11.9 Å². The van der Waals surface area contributed by atoms with Crippen molar-refractivity contribution in [1.29, 1.82) is 0 Å². The molecule has 0 aliphatic carbocycles. The fraction of sp³-hybridized carbons (Fsp3) is 0.400. The average Bonchev–Trinajstić information content (AvgIpc) is 2.35. The molecule has 19 heavy (non-hydrogen) atoms. The van der Waals surface area contributed by atoms with Gasteiger partial charge in [0.15, 0.2) is 5.78 Å². The summed E-state index contributed by atoms with van der Waals surface area (Å²) in [4.78, 5) is 11.5. The quantitative estimate of drug-likeness (QED) is 0.707. The van der Waals surface area contributed by atoms with Gasteiger partial charge >= 0.3 is 6.18 Å². The van der Waals surface area contributed by atoms with Gasteiger partial charge in [0, 0.05) is 6.42 Å². The van der Waals surface area contributed by atoms with Crippen LogP contribution in [0.5, 0.6) is 0 Å². The molecule has 4 heteroatoms. The number of carbonyl (C=O) groups is 1. The Labute approximate surface area is 111 Å². The van der Waals surface area contributed by atoms with Gasteiger partial charge in [-0.25, -0.2) is 0 Å². The van der Waals surface area contributed by atoms with Gasteiger partial charge in [0.2, 0.25) is 0 Å². The summed E-state index contributed by atoms with van der Waals surface area (Å²) in [7, 11) is 0. The van der Waals surface area contributed by atoms with Crippen LogP contribution in [0.1, 0.15) is 37.8 Å². The fourth-order valence-electron chi connectivity index (χ4n) is 1.53. The molecule has 1 aromatic carbocycles. The maximum Gasteiger partial charge on any atom is 0.416 e. The second kappa shape index (κ2) is 6.55. The van der Waals surface area contributed by atoms with Crippen molar-refractivity contribution in [2.24, 2.45) is 5.92 Å². The predicted octanol–water partition coefficient (Wildman–Crippen LogP) is 4.72. The highest BCUT2D eigenvalue weighted by Gasteiger charge is 2.29. The number of hydrogen-bond acceptors (Lipinski definition) is 1. The molecule has 0 bridgehead atoms. The molecule has 1 atom stereocenters. The summed E-state index contributed by atoms with van der Waals surface area (Å²) in [5.74, 6) is 0.319. The predicted molar refractivity (Wildman–Crippen MR) is 69.6 cm³/mol. The first kappa shape index (κ1) is 15.5. The van der Waals surface area contributed by atoms with E-state index in [1.165, 1.54) is 18.2 Å². The van der Waals surface area contributed by atoms with E-state index in [0.29, 0.717) is 17.9 Å². The summed E-state index contributed by atoms with van der Waals surface area (Å²) in [6, 6.07) is 4.74. The van der Waals surface area contributed by atoms with Crippen molar-refractivity contribution in [2.75, 3.05) is 0 Å². The molecule has 0 aliphatic rings. The zero-order valence-electron chi connectivity index (χ0n) is 11.0. The number of allylic oxidation sites excluding steroid dienone is 1. The molecule has 1 aromatic rings. The second-order valence-electron chi connectivity index (χ2n) is 4.64. The Morgan fingerprint density at radius 3 is 2.32 bits per heavy atom. The van der Waals surface area contributed by atoms with Crippen LogP contribution in [0.2, 0.25) is 0 Å². The van der Waals surface area contributed by atoms with Crippen LogP contribution in [-0.4, -0.2) is 5.78 Å². The number of hydrogen-bond donors (Lipinski definition) is 0. The Bertz CT molecular complexity index is 443. The Kier molecular flexibility index (Phi) is 5.33. The third-order valence-electron chi connectivity index (χ3n) is 2.95. The standard InChI is InChI=1S/C15H17F3O/c1-3-11(2)10-14(19)9-6-12-4-7-13(8-5-12)15(16,17)18/h4-9,11H,3,10H2,1-2H3. The zero-order chi connectivity index (χ0) is 14.5. The third-order valence-corrected chi connectivity index (χ3v) is 2.95. The third kappa shape index (κ3) is 5.28. The molecule has 0 amide bonds. The van der Waals surface area contributed by atoms with E-state index < -0.39 is 11.7 Å². The Morgan fingerprint density at radius 1 is 1.26 bits per heavy atom. The normalized spacial score (nSPS) is 13.7. The summed E-state index contributed by atoms with van der Waals surface area (Å²) in [6.45, 7) is 4.00. The van der Waals surface area contributed by atoms with Crippen molar-refractivity contribution in [2.45, 2.75) is 32.9 Å². The highest BCUT2D eigenvalue weighted by Crippen LogP contribution is 2.29. The van der Waals surface area contributed by atoms with E-state index in [2.05, 4.69) is 0 Å². The van der Waals surface area contributed by atoms with Crippen LogP contribution < -0.4 is 0 Å². The molecule has 0 saturated heterocycles. The molecule has 0 aromatic heterocycles. The second-order valence-corrected chi connectivity index (χ2v) is 4.64. The van der Waals surface area contributed by atoms with E-state index in [1.807, 2.05) is 13.8 Å². The minimum Gasteiger partial charge on any atom is -0.295 e. The van der Waals surface area contributed by atoms with Gasteiger partial charge < -0.3 is 0 Å². The van der Waals surface area contributed by atoms with Crippen molar-refractivity contribution in [3.05, 3.63) is 41.5 Å². The molecule has 0 N–H and O–H groups in total. The maximum atomic E-state index is 12.3. The van der Waals surface area contributed by atoms with Gasteiger partial charge in [-0.2, -0.15) is 13.2 Å². The molecule has 0 heterocycles. The number of ketones is 1. The summed E-state index contributed by atoms with van der Waals surface area (Å²) in [5, 5.41) is 0. The lowest BCUT2D eigenvalue weighted by atomic mass is 10.0. The Morgan fingerprint density at radius 2 is 1.84 bits per heavy atom. The van der Waals surface area contributed by atoms with Crippen molar-refractivity contribution in [1.82, 2.24) is 0 Å². The molecule has 104 valence electrons. The summed E-state index contributed by atoms with van der Waals surface area (Å²) >= 11 is 0. The molecular formula is C15H17F3O. The van der Waals surface area contributed by atoms with Crippen LogP contribution in [0.4, 0.5) is 13.2 Å². The molecular weight excluding hydrogens is 253 g/mol. The van der Waals surface area contributed by atoms with Crippen molar-refractivity contribution < 1.29 is 18.0 Å². The molecule has 0 radical (unpaired) electrons. The van der Waals surface area contributed by atoms with Crippen LogP contribution in [0, 0.1) is 5.92 Å². The largest absolute Gasteiger partial charge is 0.416 e. The van der Waals surface area contributed by atoms with E-state index in [4.69, 9.17) is 0 Å². The van der Waals surface area contributed by atoms with Gasteiger partial charge in [-0.15, -0.1) is 0 Å². The van der Waals surface area contributed by atoms with E-state index in [9.17, 15) is 18.0 Å². The Balaban J connectivity index is 2.65. The SMILES string of the molecule is CCC(C)CC(=O)C=Cc1ccc(C(F)(F)F)cc1. The molecule has 0 aliphatic heterocycles. The summed E-state index contributed by atoms with van der Waals surface area (Å²) in [5.41, 5.74) is -0.0962. The van der Waals surface area contributed by atoms with Gasteiger partial charge in [0.25, 0.3) is 0 Å². The first-order chi connectivity index (χ1) is 8.82. The topological polar surface area (TPSA) is 17.1 Å². The van der Waals surface area contributed by atoms with Gasteiger partial charge in [-0.1, -0.05) is 38.5 Å². The fourth-order valence-corrected chi connectivity index (χ4v) is 1.53.